The molecule has 4 nitrogen and oxygen atoms in total. The van der Waals surface area contributed by atoms with Crippen molar-refractivity contribution >= 4 is 11.4 Å². The standard InChI is InChI=1S/C15H15FN3O/c1-19-13-8-14(20-2)12(17)7-11(13)15(18-19)9-4-3-5-10(16)6-9/h3-8,15H,17H2,1-2H3/q+1. The van der Waals surface area contributed by atoms with Crippen LogP contribution in [0.3, 0.4) is 0 Å². The molecular weight excluding hydrogens is 257 g/mol. The maximum absolute atomic E-state index is 13.4. The van der Waals surface area contributed by atoms with E-state index in [4.69, 9.17) is 10.5 Å². The number of azo groups is 2. The van der Waals surface area contributed by atoms with Crippen LogP contribution >= 0.6 is 0 Å². The van der Waals surface area contributed by atoms with E-state index in [-0.39, 0.29) is 11.9 Å². The highest BCUT2D eigenvalue weighted by Crippen LogP contribution is 2.42. The molecule has 0 radical (unpaired) electrons. The second-order valence-corrected chi connectivity index (χ2v) is 4.75. The third-order valence-electron chi connectivity index (χ3n) is 3.48. The van der Waals surface area contributed by atoms with Crippen LogP contribution in [0.2, 0.25) is 0 Å². The molecule has 2 aromatic carbocycles. The first-order valence-electron chi connectivity index (χ1n) is 6.27. The maximum atomic E-state index is 13.4. The maximum Gasteiger partial charge on any atom is 0.241 e. The zero-order valence-electron chi connectivity index (χ0n) is 11.3. The zero-order valence-corrected chi connectivity index (χ0v) is 11.3. The fourth-order valence-corrected chi connectivity index (χ4v) is 2.50. The monoisotopic (exact) mass is 272 g/mol. The van der Waals surface area contributed by atoms with Crippen molar-refractivity contribution in [1.82, 2.24) is 0 Å². The van der Waals surface area contributed by atoms with Crippen LogP contribution in [0.1, 0.15) is 17.2 Å². The van der Waals surface area contributed by atoms with Crippen molar-refractivity contribution in [3.05, 3.63) is 53.3 Å². The molecule has 0 aliphatic carbocycles. The second kappa shape index (κ2) is 4.59. The van der Waals surface area contributed by atoms with Crippen LogP contribution in [0, 0.1) is 5.82 Å². The van der Waals surface area contributed by atoms with Crippen molar-refractivity contribution in [1.29, 1.82) is 0 Å². The molecule has 1 aliphatic heterocycles. The average molecular weight is 272 g/mol. The molecule has 2 N–H and O–H groups in total. The minimum Gasteiger partial charge on any atom is -0.494 e. The van der Waals surface area contributed by atoms with E-state index in [0.29, 0.717) is 11.4 Å². The van der Waals surface area contributed by atoms with Gasteiger partial charge in [-0.3, -0.25) is 0 Å². The fourth-order valence-electron chi connectivity index (χ4n) is 2.50. The Labute approximate surface area is 116 Å². The van der Waals surface area contributed by atoms with Gasteiger partial charge in [0.1, 0.15) is 11.6 Å². The molecule has 0 spiro atoms. The number of hydrogen-bond donors (Lipinski definition) is 1. The topological polar surface area (TPSA) is 50.6 Å². The van der Waals surface area contributed by atoms with Gasteiger partial charge in [0.25, 0.3) is 0 Å². The van der Waals surface area contributed by atoms with Crippen LogP contribution in [0.5, 0.6) is 5.75 Å². The molecule has 0 saturated heterocycles. The summed E-state index contributed by atoms with van der Waals surface area (Å²) in [6, 6.07) is 9.93. The second-order valence-electron chi connectivity index (χ2n) is 4.75. The molecule has 20 heavy (non-hydrogen) atoms. The number of benzene rings is 2. The first-order valence-corrected chi connectivity index (χ1v) is 6.27. The molecule has 102 valence electrons. The SMILES string of the molecule is COc1cc2c(cc1N)C(c1cccc(F)c1)N=[N+]2C. The Bertz CT molecular complexity index is 712. The summed E-state index contributed by atoms with van der Waals surface area (Å²) in [6.07, 6.45) is 0. The number of nitrogens with zero attached hydrogens (tertiary/aromatic N) is 2. The molecule has 5 heteroatoms. The molecule has 1 unspecified atom stereocenters. The molecule has 0 amide bonds. The van der Waals surface area contributed by atoms with Gasteiger partial charge in [-0.1, -0.05) is 16.8 Å². The zero-order chi connectivity index (χ0) is 14.3. The van der Waals surface area contributed by atoms with Crippen molar-refractivity contribution in [2.75, 3.05) is 19.9 Å². The van der Waals surface area contributed by atoms with E-state index in [1.165, 1.54) is 12.1 Å². The Morgan fingerprint density at radius 2 is 2.10 bits per heavy atom. The van der Waals surface area contributed by atoms with Gasteiger partial charge in [-0.15, -0.1) is 0 Å². The predicted octanol–water partition coefficient (Wildman–Crippen LogP) is 3.25. The van der Waals surface area contributed by atoms with E-state index in [9.17, 15) is 4.39 Å². The van der Waals surface area contributed by atoms with Crippen LogP contribution in [0.15, 0.2) is 41.5 Å². The Balaban J connectivity index is 2.14. The lowest BCUT2D eigenvalue weighted by Crippen LogP contribution is -1.99. The molecule has 3 rings (SSSR count). The Kier molecular flexibility index (Phi) is 2.89. The van der Waals surface area contributed by atoms with Crippen LogP contribution in [0.4, 0.5) is 15.8 Å². The summed E-state index contributed by atoms with van der Waals surface area (Å²) in [7, 11) is 3.43. The van der Waals surface area contributed by atoms with Crippen LogP contribution in [-0.2, 0) is 0 Å². The van der Waals surface area contributed by atoms with Gasteiger partial charge in [0.15, 0.2) is 13.1 Å². The molecule has 0 fully saturated rings. The average Bonchev–Trinajstić information content (AvgIpc) is 2.74. The molecule has 1 heterocycles. The number of ether oxygens (including phenoxy) is 1. The number of anilines is 1. The predicted molar refractivity (Wildman–Crippen MR) is 73.9 cm³/mol. The van der Waals surface area contributed by atoms with Crippen molar-refractivity contribution in [2.45, 2.75) is 6.04 Å². The minimum atomic E-state index is -0.268. The van der Waals surface area contributed by atoms with E-state index in [1.54, 1.807) is 17.9 Å². The molecule has 1 atom stereocenters. The summed E-state index contributed by atoms with van der Waals surface area (Å²) in [6.45, 7) is 0. The molecular formula is C15H15FN3O+. The first kappa shape index (κ1) is 12.6. The number of halogens is 1. The lowest BCUT2D eigenvalue weighted by Gasteiger charge is -2.08. The molecule has 0 saturated carbocycles. The third-order valence-corrected chi connectivity index (χ3v) is 3.48. The number of nitrogen functional groups attached to an aromatic ring is 1. The summed E-state index contributed by atoms with van der Waals surface area (Å²) < 4.78 is 20.4. The van der Waals surface area contributed by atoms with Gasteiger partial charge in [-0.25, -0.2) is 4.39 Å². The van der Waals surface area contributed by atoms with Crippen LogP contribution < -0.4 is 10.5 Å². The van der Waals surface area contributed by atoms with E-state index >= 15 is 0 Å². The van der Waals surface area contributed by atoms with Gasteiger partial charge in [0, 0.05) is 0 Å². The number of rotatable bonds is 2. The Morgan fingerprint density at radius 3 is 2.80 bits per heavy atom. The lowest BCUT2D eigenvalue weighted by molar-refractivity contribution is -0.477. The van der Waals surface area contributed by atoms with Crippen molar-refractivity contribution in [3.63, 3.8) is 0 Å². The lowest BCUT2D eigenvalue weighted by atomic mass is 9.98. The van der Waals surface area contributed by atoms with Gasteiger partial charge in [-0.2, -0.15) is 0 Å². The van der Waals surface area contributed by atoms with Crippen molar-refractivity contribution < 1.29 is 13.8 Å². The smallest absolute Gasteiger partial charge is 0.241 e. The van der Waals surface area contributed by atoms with Gasteiger partial charge >= 0.3 is 0 Å². The van der Waals surface area contributed by atoms with Gasteiger partial charge < -0.3 is 10.5 Å². The highest BCUT2D eigenvalue weighted by molar-refractivity contribution is 5.64. The van der Waals surface area contributed by atoms with Gasteiger partial charge in [0.05, 0.1) is 24.4 Å². The third kappa shape index (κ3) is 1.91. The fraction of sp³-hybridized carbons (Fsp3) is 0.200. The summed E-state index contributed by atoms with van der Waals surface area (Å²) >= 11 is 0. The minimum absolute atomic E-state index is 0.237. The van der Waals surface area contributed by atoms with Gasteiger partial charge in [-0.05, 0) is 28.9 Å². The number of nitrogens with two attached hydrogens (primary N) is 1. The van der Waals surface area contributed by atoms with Crippen molar-refractivity contribution in [2.24, 2.45) is 5.11 Å². The van der Waals surface area contributed by atoms with E-state index in [0.717, 1.165) is 16.8 Å². The number of methoxy groups -OCH3 is 1. The quantitative estimate of drug-likeness (QED) is 0.674. The molecule has 1 aliphatic rings. The summed E-state index contributed by atoms with van der Waals surface area (Å²) in [5.41, 5.74) is 9.20. The number of fused-ring (bicyclic) bond motifs is 1. The van der Waals surface area contributed by atoms with Crippen molar-refractivity contribution in [3.8, 4) is 5.75 Å². The summed E-state index contributed by atoms with van der Waals surface area (Å²) in [5, 5.41) is 4.54. The Morgan fingerprint density at radius 1 is 1.30 bits per heavy atom. The van der Waals surface area contributed by atoms with E-state index < -0.39 is 0 Å². The van der Waals surface area contributed by atoms with Crippen LogP contribution in [-0.4, -0.2) is 18.9 Å². The summed E-state index contributed by atoms with van der Waals surface area (Å²) in [4.78, 5) is 0. The normalized spacial score (nSPS) is 16.8. The van der Waals surface area contributed by atoms with Crippen LogP contribution in [0.25, 0.3) is 0 Å². The molecule has 0 bridgehead atoms. The van der Waals surface area contributed by atoms with Gasteiger partial charge in [0.2, 0.25) is 5.69 Å². The Hall–Kier alpha value is -2.43. The molecule has 0 aromatic heterocycles. The highest BCUT2D eigenvalue weighted by atomic mass is 19.1. The molecule has 2 aromatic rings. The first-order chi connectivity index (χ1) is 9.60. The van der Waals surface area contributed by atoms with E-state index in [1.807, 2.05) is 25.2 Å². The number of hydrogen-bond acceptors (Lipinski definition) is 3. The largest absolute Gasteiger partial charge is 0.494 e. The highest BCUT2D eigenvalue weighted by Gasteiger charge is 2.33. The van der Waals surface area contributed by atoms with E-state index in [2.05, 4.69) is 5.11 Å². The summed E-state index contributed by atoms with van der Waals surface area (Å²) in [5.74, 6) is 0.348.